The third-order valence-corrected chi connectivity index (χ3v) is 19.4. The van der Waals surface area contributed by atoms with Gasteiger partial charge in [0.1, 0.15) is 49.3 Å². The van der Waals surface area contributed by atoms with E-state index in [2.05, 4.69) is 58.7 Å². The van der Waals surface area contributed by atoms with Crippen LogP contribution in [-0.2, 0) is 66.9 Å². The van der Waals surface area contributed by atoms with Gasteiger partial charge in [-0.05, 0) is 109 Å². The van der Waals surface area contributed by atoms with Gasteiger partial charge in [0.05, 0.1) is 18.1 Å². The number of carboxylic acid groups (broad SMARTS) is 3. The molecule has 23 nitrogen and oxygen atoms in total. The second kappa shape index (κ2) is 18.4. The van der Waals surface area contributed by atoms with E-state index in [1.54, 1.807) is 0 Å². The van der Waals surface area contributed by atoms with E-state index >= 15 is 0 Å². The maximum atomic E-state index is 14.8. The molecule has 3 saturated heterocycles. The number of hydrogen-bond acceptors (Lipinski definition) is 19. The van der Waals surface area contributed by atoms with Gasteiger partial charge >= 0.3 is 40.1 Å². The number of esters is 1. The summed E-state index contributed by atoms with van der Waals surface area (Å²) in [4.78, 5) is 50.8. The van der Waals surface area contributed by atoms with E-state index in [1.807, 2.05) is 0 Å². The van der Waals surface area contributed by atoms with Crippen molar-refractivity contribution in [3.05, 3.63) is 11.6 Å². The first kappa shape index (κ1) is 54.3. The van der Waals surface area contributed by atoms with Crippen molar-refractivity contribution in [1.82, 2.24) is 0 Å². The normalized spacial score (nSPS) is 48.0. The van der Waals surface area contributed by atoms with Crippen molar-refractivity contribution in [2.75, 3.05) is 13.2 Å². The second-order valence-electron chi connectivity index (χ2n) is 23.4. The molecule has 0 aromatic rings. The van der Waals surface area contributed by atoms with E-state index in [-0.39, 0.29) is 39.4 Å². The Labute approximate surface area is 411 Å². The van der Waals surface area contributed by atoms with Crippen LogP contribution in [-0.4, -0.2) is 171 Å². The molecule has 4 saturated carbocycles. The predicted molar refractivity (Wildman–Crippen MR) is 236 cm³/mol. The minimum atomic E-state index is -5.14. The zero-order valence-corrected chi connectivity index (χ0v) is 41.7. The first-order chi connectivity index (χ1) is 32.8. The summed E-state index contributed by atoms with van der Waals surface area (Å²) in [7, 11) is -5.14. The number of aliphatic carboxylic acids is 3. The van der Waals surface area contributed by atoms with Crippen molar-refractivity contribution >= 4 is 34.3 Å². The average Bonchev–Trinajstić information content (AvgIpc) is 3.26. The molecule has 20 atom stereocenters. The van der Waals surface area contributed by atoms with Crippen LogP contribution in [0.2, 0.25) is 0 Å². The molecule has 0 spiro atoms. The number of fused-ring (bicyclic) bond motifs is 8. The summed E-state index contributed by atoms with van der Waals surface area (Å²) >= 11 is 0. The quantitative estimate of drug-likeness (QED) is 0.0579. The smallest absolute Gasteiger partial charge is 0.397 e. The van der Waals surface area contributed by atoms with Gasteiger partial charge in [-0.15, -0.1) is 0 Å². The van der Waals surface area contributed by atoms with Crippen molar-refractivity contribution in [2.24, 2.45) is 50.2 Å². The molecule has 71 heavy (non-hydrogen) atoms. The number of rotatable bonds is 12. The number of carbonyl (C=O) groups is 4. The summed E-state index contributed by atoms with van der Waals surface area (Å²) in [5.41, 5.74) is -1.56. The lowest BCUT2D eigenvalue weighted by Crippen LogP contribution is -2.72. The van der Waals surface area contributed by atoms with Gasteiger partial charge in [-0.3, -0.25) is 9.35 Å². The molecular formula is C47H70O23S. The van der Waals surface area contributed by atoms with E-state index in [9.17, 15) is 73.0 Å². The highest BCUT2D eigenvalue weighted by molar-refractivity contribution is 7.80. The lowest BCUT2D eigenvalue weighted by Gasteiger charge is -2.71. The fourth-order valence-corrected chi connectivity index (χ4v) is 15.5. The number of aliphatic hydroxyl groups is 5. The molecule has 0 aromatic heterocycles. The SMILES string of the molecule is CC1(C)CC[C@]2(C(=O)O[C@@H]3O[C@H](CO)[C@@H](OS(=O)(=O)O)[C@H](O)[C@H]3O)CC[C@]3(C)C(=CC[C@@H]4[C@@]5(C)CC[C@H](O[C@@H]6O[C@H](C(=O)O)[C@H]7O[C@@](O)(C(=O)O)[C@@H](OCC(=O)O)O[C@@H]7[C@H]6O)C(C)(C)[C@@H]5CC[C@]43C)[C@@H]2C1. The van der Waals surface area contributed by atoms with Crippen LogP contribution in [0.5, 0.6) is 0 Å². The lowest BCUT2D eigenvalue weighted by molar-refractivity contribution is -0.435. The van der Waals surface area contributed by atoms with Crippen LogP contribution < -0.4 is 0 Å². The largest absolute Gasteiger partial charge is 0.480 e. The summed E-state index contributed by atoms with van der Waals surface area (Å²) in [6.07, 6.45) is -12.6. The number of hydrogen-bond donors (Lipinski definition) is 9. The van der Waals surface area contributed by atoms with Crippen molar-refractivity contribution in [2.45, 2.75) is 192 Å². The molecule has 0 amide bonds. The van der Waals surface area contributed by atoms with Crippen LogP contribution in [0.3, 0.4) is 0 Å². The molecule has 0 radical (unpaired) electrons. The highest BCUT2D eigenvalue weighted by Gasteiger charge is 2.71. The van der Waals surface area contributed by atoms with Crippen LogP contribution in [0.1, 0.15) is 113 Å². The number of aliphatic hydroxyl groups excluding tert-OH is 4. The predicted octanol–water partition coefficient (Wildman–Crippen LogP) is 1.50. The van der Waals surface area contributed by atoms with E-state index in [0.29, 0.717) is 51.4 Å². The van der Waals surface area contributed by atoms with Crippen molar-refractivity contribution in [1.29, 1.82) is 0 Å². The summed E-state index contributed by atoms with van der Waals surface area (Å²) in [6, 6.07) is 0. The fourth-order valence-electron chi connectivity index (χ4n) is 15.0. The maximum Gasteiger partial charge on any atom is 0.397 e. The molecule has 24 heteroatoms. The molecular weight excluding hydrogens is 965 g/mol. The fraction of sp³-hybridized carbons (Fsp3) is 0.872. The van der Waals surface area contributed by atoms with Crippen LogP contribution in [0.15, 0.2) is 11.6 Å². The number of allylic oxidation sites excluding steroid dienone is 2. The standard InChI is InChI=1S/C47H70O23S/c1-41(2)14-16-46(39(58)68-36-29(52)28(51)31(23(19-48)64-36)70-71(60,61)62)17-15-44(6)21(22(46)18-41)8-9-25-43(5)12-11-26(42(3,4)24(43)10-13-45(25,44)7)65-37-30(53)32-33(34(66-37)35(54)55)69-47(59,38(56)57)40(67-32)63-20-27(49)50/h8,22-26,28-34,36-37,40,48,51-53,59H,9-20H2,1-7H3,(H,49,50)(H,54,55)(H,56,57)(H,60,61,62)/t22-,23+,24-,25+,26-,28+,29+,30+,31+,32+,33-,34-,36-,37+,40-,43-,44+,45+,46-,47-/m0/s1. The second-order valence-corrected chi connectivity index (χ2v) is 24.5. The monoisotopic (exact) mass is 1030 g/mol. The van der Waals surface area contributed by atoms with Gasteiger partial charge in [0, 0.05) is 0 Å². The third-order valence-electron chi connectivity index (χ3n) is 18.9. The van der Waals surface area contributed by atoms with Gasteiger partial charge in [-0.1, -0.05) is 60.1 Å². The van der Waals surface area contributed by atoms with E-state index in [0.717, 1.165) is 12.8 Å². The number of carbonyl (C=O) groups excluding carboxylic acids is 1. The Kier molecular flexibility index (Phi) is 14.1. The van der Waals surface area contributed by atoms with Gasteiger partial charge in [0.25, 0.3) is 0 Å². The van der Waals surface area contributed by atoms with E-state index in [4.69, 9.17) is 33.2 Å². The molecule has 3 heterocycles. The van der Waals surface area contributed by atoms with Gasteiger partial charge in [0.2, 0.25) is 12.6 Å². The third kappa shape index (κ3) is 8.85. The Hall–Kier alpha value is -2.95. The molecule has 0 unspecified atom stereocenters. The van der Waals surface area contributed by atoms with Crippen LogP contribution in [0.25, 0.3) is 0 Å². The van der Waals surface area contributed by atoms with Crippen molar-refractivity contribution in [3.63, 3.8) is 0 Å². The van der Waals surface area contributed by atoms with E-state index in [1.165, 1.54) is 5.57 Å². The summed E-state index contributed by atoms with van der Waals surface area (Å²) in [6.45, 7) is 13.4. The topological polar surface area (TPSA) is 358 Å². The Balaban J connectivity index is 1.03. The van der Waals surface area contributed by atoms with Gasteiger partial charge in [-0.2, -0.15) is 8.42 Å². The first-order valence-electron chi connectivity index (χ1n) is 24.3. The molecule has 0 aromatic carbocycles. The zero-order chi connectivity index (χ0) is 52.4. The summed E-state index contributed by atoms with van der Waals surface area (Å²) in [5.74, 6) is -9.31. The molecule has 8 aliphatic rings. The minimum Gasteiger partial charge on any atom is -0.480 e. The summed E-state index contributed by atoms with van der Waals surface area (Å²) in [5, 5.41) is 83.6. The molecule has 402 valence electrons. The zero-order valence-electron chi connectivity index (χ0n) is 40.9. The highest BCUT2D eigenvalue weighted by atomic mass is 32.3. The average molecular weight is 1040 g/mol. The number of carboxylic acids is 3. The molecule has 7 fully saturated rings. The molecule has 9 N–H and O–H groups in total. The Morgan fingerprint density at radius 1 is 0.803 bits per heavy atom. The van der Waals surface area contributed by atoms with Crippen LogP contribution in [0, 0.1) is 50.2 Å². The molecule has 3 aliphatic heterocycles. The molecule has 0 bridgehead atoms. The molecule has 8 rings (SSSR count). The van der Waals surface area contributed by atoms with Gasteiger partial charge < -0.3 is 74.0 Å². The van der Waals surface area contributed by atoms with Gasteiger partial charge in [0.15, 0.2) is 12.4 Å². The van der Waals surface area contributed by atoms with Crippen molar-refractivity contribution < 1.29 is 110 Å². The first-order valence-corrected chi connectivity index (χ1v) is 25.7. The Morgan fingerprint density at radius 3 is 2.10 bits per heavy atom. The summed E-state index contributed by atoms with van der Waals surface area (Å²) < 4.78 is 76.7. The Bertz CT molecular complexity index is 2250. The van der Waals surface area contributed by atoms with Crippen LogP contribution >= 0.6 is 0 Å². The van der Waals surface area contributed by atoms with Crippen molar-refractivity contribution in [3.8, 4) is 0 Å². The minimum absolute atomic E-state index is 0.0385. The maximum absolute atomic E-state index is 14.8. The lowest BCUT2D eigenvalue weighted by atomic mass is 9.33. The number of ether oxygens (including phenoxy) is 7. The van der Waals surface area contributed by atoms with Crippen LogP contribution in [0.4, 0.5) is 0 Å². The van der Waals surface area contributed by atoms with Gasteiger partial charge in [-0.25, -0.2) is 18.6 Å². The highest BCUT2D eigenvalue weighted by Crippen LogP contribution is 2.76. The molecule has 5 aliphatic carbocycles. The van der Waals surface area contributed by atoms with E-state index < -0.39 is 138 Å². The Morgan fingerprint density at radius 2 is 1.48 bits per heavy atom.